The molecule has 0 aliphatic carbocycles. The summed E-state index contributed by atoms with van der Waals surface area (Å²) in [5, 5.41) is 5.50. The van der Waals surface area contributed by atoms with Crippen molar-refractivity contribution in [3.63, 3.8) is 0 Å². The van der Waals surface area contributed by atoms with Crippen molar-refractivity contribution in [1.82, 2.24) is 5.32 Å². The molecule has 0 radical (unpaired) electrons. The van der Waals surface area contributed by atoms with Gasteiger partial charge in [0.15, 0.2) is 0 Å². The highest BCUT2D eigenvalue weighted by atomic mass is 32.1. The van der Waals surface area contributed by atoms with Crippen LogP contribution in [0.25, 0.3) is 0 Å². The van der Waals surface area contributed by atoms with E-state index in [-0.39, 0.29) is 0 Å². The largest absolute Gasteiger partial charge is 0.378 e. The molecule has 0 bridgehead atoms. The maximum absolute atomic E-state index is 5.65. The molecular weight excluding hydrogens is 194 g/mol. The molecule has 1 aromatic heterocycles. The van der Waals surface area contributed by atoms with Crippen LogP contribution in [0.4, 0.5) is 0 Å². The van der Waals surface area contributed by atoms with Crippen LogP contribution in [-0.2, 0) is 4.74 Å². The maximum Gasteiger partial charge on any atom is 0.0594 e. The highest BCUT2D eigenvalue weighted by Crippen LogP contribution is 2.27. The third kappa shape index (κ3) is 2.35. The van der Waals surface area contributed by atoms with Gasteiger partial charge in [-0.05, 0) is 37.8 Å². The summed E-state index contributed by atoms with van der Waals surface area (Å²) in [5.41, 5.74) is 0. The topological polar surface area (TPSA) is 21.3 Å². The van der Waals surface area contributed by atoms with Crippen molar-refractivity contribution in [3.8, 4) is 0 Å². The molecule has 14 heavy (non-hydrogen) atoms. The molecule has 78 valence electrons. The van der Waals surface area contributed by atoms with Gasteiger partial charge in [0.1, 0.15) is 0 Å². The van der Waals surface area contributed by atoms with Crippen LogP contribution in [0.15, 0.2) is 17.5 Å². The van der Waals surface area contributed by atoms with Gasteiger partial charge in [0.25, 0.3) is 0 Å². The van der Waals surface area contributed by atoms with Crippen molar-refractivity contribution in [1.29, 1.82) is 0 Å². The average molecular weight is 211 g/mol. The third-order valence-electron chi connectivity index (χ3n) is 2.76. The lowest BCUT2D eigenvalue weighted by molar-refractivity contribution is 0.0957. The Kier molecular flexibility index (Phi) is 3.56. The maximum atomic E-state index is 5.65. The van der Waals surface area contributed by atoms with Crippen molar-refractivity contribution >= 4 is 11.3 Å². The van der Waals surface area contributed by atoms with Gasteiger partial charge in [-0.3, -0.25) is 0 Å². The van der Waals surface area contributed by atoms with Gasteiger partial charge in [-0.25, -0.2) is 0 Å². The van der Waals surface area contributed by atoms with E-state index in [1.807, 2.05) is 18.4 Å². The molecule has 2 heterocycles. The summed E-state index contributed by atoms with van der Waals surface area (Å²) in [4.78, 5) is 1.42. The van der Waals surface area contributed by atoms with E-state index in [1.54, 1.807) is 0 Å². The lowest BCUT2D eigenvalue weighted by Crippen LogP contribution is -2.21. The van der Waals surface area contributed by atoms with Gasteiger partial charge in [0.05, 0.1) is 6.10 Å². The van der Waals surface area contributed by atoms with Crippen LogP contribution >= 0.6 is 11.3 Å². The molecule has 2 atom stereocenters. The predicted octanol–water partition coefficient (Wildman–Crippen LogP) is 2.58. The third-order valence-corrected chi connectivity index (χ3v) is 3.74. The monoisotopic (exact) mass is 211 g/mol. The van der Waals surface area contributed by atoms with Gasteiger partial charge in [-0.2, -0.15) is 0 Å². The van der Waals surface area contributed by atoms with E-state index in [2.05, 4.69) is 22.8 Å². The smallest absolute Gasteiger partial charge is 0.0594 e. The molecule has 3 heteroatoms. The number of hydrogen-bond acceptors (Lipinski definition) is 3. The van der Waals surface area contributed by atoms with Crippen LogP contribution in [0.3, 0.4) is 0 Å². The van der Waals surface area contributed by atoms with E-state index in [9.17, 15) is 0 Å². The van der Waals surface area contributed by atoms with Crippen molar-refractivity contribution in [2.45, 2.75) is 31.4 Å². The fourth-order valence-electron chi connectivity index (χ4n) is 1.96. The van der Waals surface area contributed by atoms with Gasteiger partial charge in [-0.1, -0.05) is 6.07 Å². The van der Waals surface area contributed by atoms with Crippen LogP contribution in [0.2, 0.25) is 0 Å². The Hall–Kier alpha value is -0.380. The lowest BCUT2D eigenvalue weighted by atomic mass is 10.1. The van der Waals surface area contributed by atoms with Crippen LogP contribution in [0, 0.1) is 0 Å². The molecule has 1 aliphatic rings. The summed E-state index contributed by atoms with van der Waals surface area (Å²) in [5.74, 6) is 0. The second kappa shape index (κ2) is 4.91. The van der Waals surface area contributed by atoms with Gasteiger partial charge >= 0.3 is 0 Å². The second-order valence-electron chi connectivity index (χ2n) is 3.73. The molecular formula is C11H17NOS. The van der Waals surface area contributed by atoms with Gasteiger partial charge in [0.2, 0.25) is 0 Å². The lowest BCUT2D eigenvalue weighted by Gasteiger charge is -2.18. The Morgan fingerprint density at radius 1 is 1.71 bits per heavy atom. The number of thiophene rings is 1. The molecule has 1 aromatic rings. The van der Waals surface area contributed by atoms with E-state index >= 15 is 0 Å². The predicted molar refractivity (Wildman–Crippen MR) is 59.7 cm³/mol. The minimum atomic E-state index is 0.467. The average Bonchev–Trinajstić information content (AvgIpc) is 2.86. The van der Waals surface area contributed by atoms with Crippen LogP contribution in [-0.4, -0.2) is 19.8 Å². The highest BCUT2D eigenvalue weighted by molar-refractivity contribution is 7.10. The zero-order valence-electron chi connectivity index (χ0n) is 8.53. The molecule has 2 nitrogen and oxygen atoms in total. The molecule has 0 saturated carbocycles. The first-order chi connectivity index (χ1) is 6.90. The number of nitrogens with one attached hydrogen (secondary N) is 1. The van der Waals surface area contributed by atoms with E-state index in [4.69, 9.17) is 4.74 Å². The first-order valence-electron chi connectivity index (χ1n) is 5.22. The molecule has 2 unspecified atom stereocenters. The minimum Gasteiger partial charge on any atom is -0.378 e. The summed E-state index contributed by atoms with van der Waals surface area (Å²) < 4.78 is 5.65. The summed E-state index contributed by atoms with van der Waals surface area (Å²) >= 11 is 1.82. The molecule has 1 aliphatic heterocycles. The van der Waals surface area contributed by atoms with E-state index in [1.165, 1.54) is 17.7 Å². The van der Waals surface area contributed by atoms with Gasteiger partial charge < -0.3 is 10.1 Å². The zero-order chi connectivity index (χ0) is 9.80. The SMILES string of the molecule is CNC(CC1CCCO1)c1cccs1. The number of rotatable bonds is 4. The Bertz CT molecular complexity index is 254. The fourth-order valence-corrected chi connectivity index (χ4v) is 2.81. The van der Waals surface area contributed by atoms with Crippen molar-refractivity contribution in [2.75, 3.05) is 13.7 Å². The van der Waals surface area contributed by atoms with E-state index in [0.29, 0.717) is 12.1 Å². The quantitative estimate of drug-likeness (QED) is 0.826. The molecule has 0 spiro atoms. The van der Waals surface area contributed by atoms with Crippen LogP contribution in [0.5, 0.6) is 0 Å². The van der Waals surface area contributed by atoms with Crippen molar-refractivity contribution in [3.05, 3.63) is 22.4 Å². The van der Waals surface area contributed by atoms with E-state index in [0.717, 1.165) is 13.0 Å². The fraction of sp³-hybridized carbons (Fsp3) is 0.636. The van der Waals surface area contributed by atoms with Crippen molar-refractivity contribution in [2.24, 2.45) is 0 Å². The summed E-state index contributed by atoms with van der Waals surface area (Å²) in [7, 11) is 2.03. The summed E-state index contributed by atoms with van der Waals surface area (Å²) in [6.07, 6.45) is 4.03. The standard InChI is InChI=1S/C11H17NOS/c1-12-10(11-5-3-7-14-11)8-9-4-2-6-13-9/h3,5,7,9-10,12H,2,4,6,8H2,1H3. The zero-order valence-corrected chi connectivity index (χ0v) is 9.35. The minimum absolute atomic E-state index is 0.467. The number of ether oxygens (including phenoxy) is 1. The highest BCUT2D eigenvalue weighted by Gasteiger charge is 2.21. The normalized spacial score (nSPS) is 23.9. The first kappa shape index (κ1) is 10.1. The Morgan fingerprint density at radius 2 is 2.64 bits per heavy atom. The molecule has 1 fully saturated rings. The Labute approximate surface area is 89.3 Å². The molecule has 1 N–H and O–H groups in total. The van der Waals surface area contributed by atoms with E-state index < -0.39 is 0 Å². The summed E-state index contributed by atoms with van der Waals surface area (Å²) in [6.45, 7) is 0.950. The Morgan fingerprint density at radius 3 is 3.21 bits per heavy atom. The van der Waals surface area contributed by atoms with Crippen LogP contribution in [0.1, 0.15) is 30.2 Å². The molecule has 0 amide bonds. The second-order valence-corrected chi connectivity index (χ2v) is 4.71. The summed E-state index contributed by atoms with van der Waals surface area (Å²) in [6, 6.07) is 4.78. The van der Waals surface area contributed by atoms with Gasteiger partial charge in [0, 0.05) is 17.5 Å². The van der Waals surface area contributed by atoms with Crippen LogP contribution < -0.4 is 5.32 Å². The Balaban J connectivity index is 1.93. The van der Waals surface area contributed by atoms with Gasteiger partial charge in [-0.15, -0.1) is 11.3 Å². The number of hydrogen-bond donors (Lipinski definition) is 1. The van der Waals surface area contributed by atoms with Crippen molar-refractivity contribution < 1.29 is 4.74 Å². The molecule has 0 aromatic carbocycles. The molecule has 1 saturated heterocycles. The molecule has 2 rings (SSSR count). The first-order valence-corrected chi connectivity index (χ1v) is 6.10.